The summed E-state index contributed by atoms with van der Waals surface area (Å²) in [5.41, 5.74) is 1.77. The van der Waals surface area contributed by atoms with Gasteiger partial charge in [0.05, 0.1) is 0 Å². The van der Waals surface area contributed by atoms with E-state index in [-0.39, 0.29) is 5.91 Å². The molecule has 6 heteroatoms. The molecular formula is C15H19N3O2S. The number of aromatic nitrogens is 1. The molecule has 0 radical (unpaired) electrons. The van der Waals surface area contributed by atoms with Crippen LogP contribution in [0.15, 0.2) is 22.0 Å². The Bertz CT molecular complexity index is 634. The van der Waals surface area contributed by atoms with Crippen LogP contribution in [0.2, 0.25) is 0 Å². The Morgan fingerprint density at radius 3 is 3.24 bits per heavy atom. The van der Waals surface area contributed by atoms with Crippen LogP contribution >= 0.6 is 11.3 Å². The largest absolute Gasteiger partial charge is 0.361 e. The second-order valence-corrected chi connectivity index (χ2v) is 6.47. The normalized spacial score (nSPS) is 16.5. The minimum Gasteiger partial charge on any atom is -0.361 e. The molecule has 1 atom stereocenters. The molecule has 2 aromatic heterocycles. The number of rotatable bonds is 4. The highest BCUT2D eigenvalue weighted by Crippen LogP contribution is 2.24. The fraction of sp³-hybridized carbons (Fsp3) is 0.467. The first-order chi connectivity index (χ1) is 10.1. The van der Waals surface area contributed by atoms with Crippen molar-refractivity contribution in [2.75, 3.05) is 13.1 Å². The summed E-state index contributed by atoms with van der Waals surface area (Å²) < 4.78 is 4.92. The number of nitrogens with zero attached hydrogens (tertiary/aromatic N) is 2. The standard InChI is InChI=1S/C15H19N3O2S/c1-10(8-16-15(19)13-7-11(2)20-17-13)18-5-3-14-12(9-18)4-6-21-14/h4,6-7,10H,3,5,8-9H2,1-2H3,(H,16,19). The van der Waals surface area contributed by atoms with Gasteiger partial charge in [-0.3, -0.25) is 9.69 Å². The third-order valence-electron chi connectivity index (χ3n) is 3.88. The lowest BCUT2D eigenvalue weighted by Gasteiger charge is -2.32. The van der Waals surface area contributed by atoms with Gasteiger partial charge in [0, 0.05) is 36.6 Å². The summed E-state index contributed by atoms with van der Waals surface area (Å²) >= 11 is 1.84. The number of aryl methyl sites for hydroxylation is 1. The maximum Gasteiger partial charge on any atom is 0.273 e. The highest BCUT2D eigenvalue weighted by molar-refractivity contribution is 7.10. The van der Waals surface area contributed by atoms with Crippen molar-refractivity contribution in [1.29, 1.82) is 0 Å². The van der Waals surface area contributed by atoms with Crippen molar-refractivity contribution in [3.63, 3.8) is 0 Å². The van der Waals surface area contributed by atoms with Crippen molar-refractivity contribution < 1.29 is 9.32 Å². The van der Waals surface area contributed by atoms with Crippen molar-refractivity contribution in [2.24, 2.45) is 0 Å². The molecular weight excluding hydrogens is 286 g/mol. The second kappa shape index (κ2) is 5.99. The molecule has 1 N–H and O–H groups in total. The maximum absolute atomic E-state index is 12.0. The molecule has 1 aliphatic rings. The van der Waals surface area contributed by atoms with Gasteiger partial charge in [0.25, 0.3) is 5.91 Å². The minimum absolute atomic E-state index is 0.174. The van der Waals surface area contributed by atoms with Crippen LogP contribution in [-0.2, 0) is 13.0 Å². The first-order valence-corrected chi connectivity index (χ1v) is 8.02. The Kier molecular flexibility index (Phi) is 4.07. The summed E-state index contributed by atoms with van der Waals surface area (Å²) in [6.45, 7) is 6.56. The van der Waals surface area contributed by atoms with Gasteiger partial charge in [-0.25, -0.2) is 0 Å². The number of hydrogen-bond acceptors (Lipinski definition) is 5. The molecule has 0 saturated carbocycles. The number of amides is 1. The maximum atomic E-state index is 12.0. The van der Waals surface area contributed by atoms with Crippen molar-refractivity contribution in [3.8, 4) is 0 Å². The van der Waals surface area contributed by atoms with E-state index in [2.05, 4.69) is 33.7 Å². The number of nitrogens with one attached hydrogen (secondary N) is 1. The molecule has 3 rings (SSSR count). The number of hydrogen-bond donors (Lipinski definition) is 1. The highest BCUT2D eigenvalue weighted by Gasteiger charge is 2.22. The predicted molar refractivity (Wildman–Crippen MR) is 81.5 cm³/mol. The van der Waals surface area contributed by atoms with E-state index in [4.69, 9.17) is 4.52 Å². The van der Waals surface area contributed by atoms with E-state index >= 15 is 0 Å². The lowest BCUT2D eigenvalue weighted by Crippen LogP contribution is -2.44. The Morgan fingerprint density at radius 2 is 2.48 bits per heavy atom. The van der Waals surface area contributed by atoms with Crippen LogP contribution in [0.1, 0.15) is 33.6 Å². The number of thiophene rings is 1. The molecule has 0 saturated heterocycles. The average Bonchev–Trinajstić information content (AvgIpc) is 3.12. The summed E-state index contributed by atoms with van der Waals surface area (Å²) in [5.74, 6) is 0.473. The fourth-order valence-corrected chi connectivity index (χ4v) is 3.47. The van der Waals surface area contributed by atoms with E-state index in [1.54, 1.807) is 13.0 Å². The van der Waals surface area contributed by atoms with E-state index in [0.29, 0.717) is 24.0 Å². The monoisotopic (exact) mass is 305 g/mol. The molecule has 1 unspecified atom stereocenters. The molecule has 1 aliphatic heterocycles. The quantitative estimate of drug-likeness (QED) is 0.941. The van der Waals surface area contributed by atoms with E-state index in [1.165, 1.54) is 10.4 Å². The van der Waals surface area contributed by atoms with Gasteiger partial charge in [-0.1, -0.05) is 5.16 Å². The van der Waals surface area contributed by atoms with Crippen molar-refractivity contribution >= 4 is 17.2 Å². The molecule has 5 nitrogen and oxygen atoms in total. The zero-order chi connectivity index (χ0) is 14.8. The second-order valence-electron chi connectivity index (χ2n) is 5.47. The first kappa shape index (κ1) is 14.3. The van der Waals surface area contributed by atoms with Crippen LogP contribution in [0.25, 0.3) is 0 Å². The van der Waals surface area contributed by atoms with Crippen LogP contribution in [-0.4, -0.2) is 35.1 Å². The average molecular weight is 305 g/mol. The molecule has 0 aliphatic carbocycles. The molecule has 112 valence electrons. The Morgan fingerprint density at radius 1 is 1.62 bits per heavy atom. The molecule has 1 amide bonds. The van der Waals surface area contributed by atoms with E-state index in [0.717, 1.165) is 19.5 Å². The van der Waals surface area contributed by atoms with Gasteiger partial charge in [-0.05, 0) is 37.3 Å². The van der Waals surface area contributed by atoms with Crippen molar-refractivity contribution in [3.05, 3.63) is 39.4 Å². The van der Waals surface area contributed by atoms with Crippen LogP contribution in [0.3, 0.4) is 0 Å². The third kappa shape index (κ3) is 3.16. The minimum atomic E-state index is -0.174. The Labute approximate surface area is 127 Å². The topological polar surface area (TPSA) is 58.4 Å². The van der Waals surface area contributed by atoms with Crippen molar-refractivity contribution in [1.82, 2.24) is 15.4 Å². The Hall–Kier alpha value is -1.66. The number of carbonyl (C=O) groups excluding carboxylic acids is 1. The van der Waals surface area contributed by atoms with Gasteiger partial charge >= 0.3 is 0 Å². The lowest BCUT2D eigenvalue weighted by atomic mass is 10.1. The summed E-state index contributed by atoms with van der Waals surface area (Å²) in [5, 5.41) is 8.82. The summed E-state index contributed by atoms with van der Waals surface area (Å²) in [6, 6.07) is 4.16. The first-order valence-electron chi connectivity index (χ1n) is 7.14. The molecule has 2 aromatic rings. The molecule has 0 spiro atoms. The zero-order valence-electron chi connectivity index (χ0n) is 12.3. The van der Waals surface area contributed by atoms with E-state index in [9.17, 15) is 4.79 Å². The van der Waals surface area contributed by atoms with E-state index < -0.39 is 0 Å². The summed E-state index contributed by atoms with van der Waals surface area (Å²) in [7, 11) is 0. The van der Waals surface area contributed by atoms with Crippen LogP contribution < -0.4 is 5.32 Å². The van der Waals surface area contributed by atoms with Gasteiger partial charge in [0.15, 0.2) is 5.69 Å². The Balaban J connectivity index is 1.53. The van der Waals surface area contributed by atoms with Crippen LogP contribution in [0.4, 0.5) is 0 Å². The van der Waals surface area contributed by atoms with Crippen LogP contribution in [0.5, 0.6) is 0 Å². The van der Waals surface area contributed by atoms with Crippen LogP contribution in [0, 0.1) is 6.92 Å². The predicted octanol–water partition coefficient (Wildman–Crippen LogP) is 2.22. The summed E-state index contributed by atoms with van der Waals surface area (Å²) in [4.78, 5) is 15.9. The number of carbonyl (C=O) groups is 1. The fourth-order valence-electron chi connectivity index (χ4n) is 2.58. The number of fused-ring (bicyclic) bond motifs is 1. The SMILES string of the molecule is Cc1cc(C(=O)NCC(C)N2CCc3sccc3C2)no1. The van der Waals surface area contributed by atoms with Gasteiger partial charge < -0.3 is 9.84 Å². The van der Waals surface area contributed by atoms with Gasteiger partial charge in [-0.15, -0.1) is 11.3 Å². The van der Waals surface area contributed by atoms with E-state index in [1.807, 2.05) is 11.3 Å². The van der Waals surface area contributed by atoms with Crippen molar-refractivity contribution in [2.45, 2.75) is 32.9 Å². The lowest BCUT2D eigenvalue weighted by molar-refractivity contribution is 0.0923. The highest BCUT2D eigenvalue weighted by atomic mass is 32.1. The molecule has 21 heavy (non-hydrogen) atoms. The third-order valence-corrected chi connectivity index (χ3v) is 4.90. The molecule has 0 bridgehead atoms. The van der Waals surface area contributed by atoms with Gasteiger partial charge in [0.1, 0.15) is 5.76 Å². The smallest absolute Gasteiger partial charge is 0.273 e. The molecule has 0 aromatic carbocycles. The molecule has 0 fully saturated rings. The summed E-state index contributed by atoms with van der Waals surface area (Å²) in [6.07, 6.45) is 1.10. The zero-order valence-corrected chi connectivity index (χ0v) is 13.1. The van der Waals surface area contributed by atoms with Gasteiger partial charge in [-0.2, -0.15) is 0 Å². The van der Waals surface area contributed by atoms with Gasteiger partial charge in [0.2, 0.25) is 0 Å². The molecule has 3 heterocycles.